The molecule has 2 aromatic rings. The van der Waals surface area contributed by atoms with Crippen LogP contribution >= 0.6 is 12.6 Å². The molecule has 0 bridgehead atoms. The molecule has 0 unspecified atom stereocenters. The lowest BCUT2D eigenvalue weighted by atomic mass is 10.0. The van der Waals surface area contributed by atoms with Crippen LogP contribution in [-0.2, 0) is 0 Å². The van der Waals surface area contributed by atoms with Crippen LogP contribution in [-0.4, -0.2) is 14.2 Å². The van der Waals surface area contributed by atoms with Gasteiger partial charge in [-0.05, 0) is 24.3 Å². The van der Waals surface area contributed by atoms with Gasteiger partial charge in [0.05, 0.1) is 19.8 Å². The maximum absolute atomic E-state index is 14.0. The summed E-state index contributed by atoms with van der Waals surface area (Å²) in [6.45, 7) is 0. The molecule has 0 spiro atoms. The van der Waals surface area contributed by atoms with E-state index in [2.05, 4.69) is 12.6 Å². The molecule has 0 heterocycles. The van der Waals surface area contributed by atoms with Crippen LogP contribution in [0.25, 0.3) is 11.1 Å². The highest BCUT2D eigenvalue weighted by Crippen LogP contribution is 2.39. The summed E-state index contributed by atoms with van der Waals surface area (Å²) < 4.78 is 24.5. The molecule has 0 saturated carbocycles. The molecule has 2 aromatic carbocycles. The molecule has 0 aliphatic heterocycles. The van der Waals surface area contributed by atoms with E-state index in [9.17, 15) is 4.39 Å². The molecule has 0 aliphatic carbocycles. The normalized spacial score (nSPS) is 10.2. The molecule has 4 heteroatoms. The minimum atomic E-state index is -0.356. The van der Waals surface area contributed by atoms with E-state index in [0.29, 0.717) is 27.5 Å². The quantitative estimate of drug-likeness (QED) is 0.850. The highest BCUT2D eigenvalue weighted by atomic mass is 32.1. The van der Waals surface area contributed by atoms with E-state index in [1.165, 1.54) is 6.07 Å². The second-order valence-corrected chi connectivity index (χ2v) is 4.22. The average molecular weight is 264 g/mol. The number of halogens is 1. The summed E-state index contributed by atoms with van der Waals surface area (Å²) in [4.78, 5) is 0.574. The lowest BCUT2D eigenvalue weighted by Crippen LogP contribution is -1.94. The number of hydrogen-bond donors (Lipinski definition) is 1. The number of benzene rings is 2. The first-order valence-corrected chi connectivity index (χ1v) is 5.82. The molecular formula is C14H13FO2S. The van der Waals surface area contributed by atoms with Crippen LogP contribution in [0.4, 0.5) is 4.39 Å². The molecule has 0 aliphatic rings. The van der Waals surface area contributed by atoms with Gasteiger partial charge in [0.15, 0.2) is 0 Å². The molecule has 2 nitrogen and oxygen atoms in total. The highest BCUT2D eigenvalue weighted by molar-refractivity contribution is 7.80. The van der Waals surface area contributed by atoms with Crippen LogP contribution in [0.5, 0.6) is 11.5 Å². The zero-order chi connectivity index (χ0) is 13.1. The fourth-order valence-corrected chi connectivity index (χ4v) is 2.01. The predicted molar refractivity (Wildman–Crippen MR) is 72.2 cm³/mol. The van der Waals surface area contributed by atoms with Crippen molar-refractivity contribution >= 4 is 12.6 Å². The van der Waals surface area contributed by atoms with Crippen molar-refractivity contribution < 1.29 is 13.9 Å². The number of hydrogen-bond acceptors (Lipinski definition) is 3. The molecule has 0 amide bonds. The van der Waals surface area contributed by atoms with Crippen molar-refractivity contribution in [2.24, 2.45) is 0 Å². The van der Waals surface area contributed by atoms with Gasteiger partial charge in [-0.25, -0.2) is 4.39 Å². The number of thiol groups is 1. The van der Waals surface area contributed by atoms with Gasteiger partial charge >= 0.3 is 0 Å². The topological polar surface area (TPSA) is 18.5 Å². The van der Waals surface area contributed by atoms with Crippen LogP contribution < -0.4 is 9.47 Å². The van der Waals surface area contributed by atoms with Gasteiger partial charge in [-0.2, -0.15) is 0 Å². The monoisotopic (exact) mass is 264 g/mol. The summed E-state index contributed by atoms with van der Waals surface area (Å²) in [5.41, 5.74) is 1.04. The van der Waals surface area contributed by atoms with E-state index in [4.69, 9.17) is 9.47 Å². The van der Waals surface area contributed by atoms with Crippen molar-refractivity contribution in [1.82, 2.24) is 0 Å². The third kappa shape index (κ3) is 2.29. The lowest BCUT2D eigenvalue weighted by molar-refractivity contribution is 0.397. The van der Waals surface area contributed by atoms with Crippen molar-refractivity contribution in [2.75, 3.05) is 14.2 Å². The Morgan fingerprint density at radius 3 is 2.11 bits per heavy atom. The van der Waals surface area contributed by atoms with Crippen molar-refractivity contribution in [3.8, 4) is 22.6 Å². The van der Waals surface area contributed by atoms with Crippen molar-refractivity contribution in [3.05, 3.63) is 42.2 Å². The summed E-state index contributed by atoms with van der Waals surface area (Å²) >= 11 is 4.11. The number of methoxy groups -OCH3 is 2. The Kier molecular flexibility index (Phi) is 3.77. The van der Waals surface area contributed by atoms with E-state index in [-0.39, 0.29) is 5.82 Å². The first kappa shape index (κ1) is 12.8. The highest BCUT2D eigenvalue weighted by Gasteiger charge is 2.15. The third-order valence-corrected chi connectivity index (χ3v) is 2.93. The van der Waals surface area contributed by atoms with E-state index in [1.54, 1.807) is 44.6 Å². The number of ether oxygens (including phenoxy) is 2. The van der Waals surface area contributed by atoms with E-state index < -0.39 is 0 Å². The van der Waals surface area contributed by atoms with Crippen molar-refractivity contribution in [2.45, 2.75) is 4.90 Å². The second-order valence-electron chi connectivity index (χ2n) is 3.70. The molecular weight excluding hydrogens is 251 g/mol. The Morgan fingerprint density at radius 1 is 1.00 bits per heavy atom. The molecule has 0 aromatic heterocycles. The zero-order valence-corrected chi connectivity index (χ0v) is 11.0. The summed E-state index contributed by atoms with van der Waals surface area (Å²) in [6, 6.07) is 10.1. The van der Waals surface area contributed by atoms with Crippen LogP contribution in [0, 0.1) is 5.82 Å². The summed E-state index contributed by atoms with van der Waals surface area (Å²) in [5.74, 6) is 0.783. The largest absolute Gasteiger partial charge is 0.496 e. The average Bonchev–Trinajstić information content (AvgIpc) is 2.38. The van der Waals surface area contributed by atoms with Gasteiger partial charge in [-0.3, -0.25) is 0 Å². The Bertz CT molecular complexity index is 547. The standard InChI is InChI=1S/C14H13FO2S/c1-16-12-4-3-5-13(17-2)14(12)10-7-6-9(18)8-11(10)15/h3-8,18H,1-2H3. The van der Waals surface area contributed by atoms with Gasteiger partial charge in [0.25, 0.3) is 0 Å². The molecule has 2 rings (SSSR count). The van der Waals surface area contributed by atoms with Gasteiger partial charge in [0, 0.05) is 10.5 Å². The van der Waals surface area contributed by atoms with E-state index >= 15 is 0 Å². The fourth-order valence-electron chi connectivity index (χ4n) is 1.82. The van der Waals surface area contributed by atoms with Gasteiger partial charge in [0.2, 0.25) is 0 Å². The molecule has 0 N–H and O–H groups in total. The molecule has 0 radical (unpaired) electrons. The summed E-state index contributed by atoms with van der Waals surface area (Å²) in [7, 11) is 3.09. The maximum atomic E-state index is 14.0. The van der Waals surface area contributed by atoms with Crippen LogP contribution in [0.15, 0.2) is 41.3 Å². The minimum absolute atomic E-state index is 0.356. The Balaban J connectivity index is 2.68. The van der Waals surface area contributed by atoms with Crippen molar-refractivity contribution in [3.63, 3.8) is 0 Å². The summed E-state index contributed by atoms with van der Waals surface area (Å²) in [5, 5.41) is 0. The SMILES string of the molecule is COc1cccc(OC)c1-c1ccc(S)cc1F. The lowest BCUT2D eigenvalue weighted by Gasteiger charge is -2.13. The second kappa shape index (κ2) is 5.31. The van der Waals surface area contributed by atoms with Crippen LogP contribution in [0.3, 0.4) is 0 Å². The Morgan fingerprint density at radius 2 is 1.61 bits per heavy atom. The van der Waals surface area contributed by atoms with Gasteiger partial charge in [-0.1, -0.05) is 12.1 Å². The molecule has 0 saturated heterocycles. The molecule has 0 fully saturated rings. The van der Waals surface area contributed by atoms with Crippen molar-refractivity contribution in [1.29, 1.82) is 0 Å². The summed E-state index contributed by atoms with van der Waals surface area (Å²) in [6.07, 6.45) is 0. The fraction of sp³-hybridized carbons (Fsp3) is 0.143. The maximum Gasteiger partial charge on any atom is 0.132 e. The minimum Gasteiger partial charge on any atom is -0.496 e. The molecule has 0 atom stereocenters. The van der Waals surface area contributed by atoms with Gasteiger partial charge in [-0.15, -0.1) is 12.6 Å². The first-order chi connectivity index (χ1) is 8.67. The van der Waals surface area contributed by atoms with Gasteiger partial charge in [0.1, 0.15) is 17.3 Å². The third-order valence-electron chi connectivity index (χ3n) is 2.65. The molecule has 18 heavy (non-hydrogen) atoms. The predicted octanol–water partition coefficient (Wildman–Crippen LogP) is 3.80. The first-order valence-electron chi connectivity index (χ1n) is 5.37. The van der Waals surface area contributed by atoms with E-state index in [0.717, 1.165) is 0 Å². The Labute approximate surface area is 111 Å². The Hall–Kier alpha value is -1.68. The molecule has 94 valence electrons. The number of rotatable bonds is 3. The smallest absolute Gasteiger partial charge is 0.132 e. The zero-order valence-electron chi connectivity index (χ0n) is 10.1. The van der Waals surface area contributed by atoms with Crippen LogP contribution in [0.2, 0.25) is 0 Å². The van der Waals surface area contributed by atoms with E-state index in [1.807, 2.05) is 0 Å². The van der Waals surface area contributed by atoms with Gasteiger partial charge < -0.3 is 9.47 Å². The van der Waals surface area contributed by atoms with Crippen LogP contribution in [0.1, 0.15) is 0 Å².